The maximum absolute atomic E-state index is 5.81. The summed E-state index contributed by atoms with van der Waals surface area (Å²) in [5.74, 6) is 2.26. The fraction of sp³-hybridized carbons (Fsp3) is 0.0833. The molecule has 0 radical (unpaired) electrons. The van der Waals surface area contributed by atoms with Gasteiger partial charge in [0.2, 0.25) is 0 Å². The van der Waals surface area contributed by atoms with Crippen LogP contribution in [0.3, 0.4) is 0 Å². The van der Waals surface area contributed by atoms with Crippen LogP contribution < -0.4 is 10.1 Å². The molecule has 31 heavy (non-hydrogen) atoms. The van der Waals surface area contributed by atoms with Crippen molar-refractivity contribution < 1.29 is 4.74 Å². The predicted octanol–water partition coefficient (Wildman–Crippen LogP) is 5.44. The van der Waals surface area contributed by atoms with Crippen LogP contribution in [0.1, 0.15) is 5.69 Å². The van der Waals surface area contributed by atoms with E-state index in [1.165, 1.54) is 0 Å². The Morgan fingerprint density at radius 3 is 2.58 bits per heavy atom. The van der Waals surface area contributed by atoms with E-state index in [1.807, 2.05) is 48.3 Å². The first-order valence-corrected chi connectivity index (χ1v) is 10.7. The zero-order valence-electron chi connectivity index (χ0n) is 16.8. The topological polar surface area (TPSA) is 72.8 Å². The summed E-state index contributed by atoms with van der Waals surface area (Å²) in [6, 6.07) is 18.1. The van der Waals surface area contributed by atoms with Crippen molar-refractivity contribution in [3.05, 3.63) is 83.6 Å². The molecule has 0 saturated heterocycles. The summed E-state index contributed by atoms with van der Waals surface area (Å²) in [5.41, 5.74) is 6.70. The van der Waals surface area contributed by atoms with Gasteiger partial charge in [-0.15, -0.1) is 11.3 Å². The molecule has 0 spiro atoms. The van der Waals surface area contributed by atoms with Gasteiger partial charge in [0, 0.05) is 35.8 Å². The Kier molecular flexibility index (Phi) is 5.24. The molecule has 1 N–H and O–H groups in total. The van der Waals surface area contributed by atoms with Crippen LogP contribution in [-0.2, 0) is 6.61 Å². The van der Waals surface area contributed by atoms with E-state index in [0.29, 0.717) is 12.4 Å². The van der Waals surface area contributed by atoms with Crippen LogP contribution in [-0.4, -0.2) is 27.0 Å². The highest BCUT2D eigenvalue weighted by Gasteiger charge is 2.10. The van der Waals surface area contributed by atoms with Gasteiger partial charge in [0.25, 0.3) is 0 Å². The lowest BCUT2D eigenvalue weighted by Crippen LogP contribution is -1.99. The van der Waals surface area contributed by atoms with Gasteiger partial charge in [-0.1, -0.05) is 18.2 Å². The van der Waals surface area contributed by atoms with Crippen LogP contribution in [0, 0.1) is 0 Å². The number of nitrogens with one attached hydrogen (secondary N) is 1. The molecule has 5 rings (SSSR count). The lowest BCUT2D eigenvalue weighted by molar-refractivity contribution is 0.302. The van der Waals surface area contributed by atoms with Crippen molar-refractivity contribution in [3.8, 4) is 28.3 Å². The van der Waals surface area contributed by atoms with Gasteiger partial charge in [-0.3, -0.25) is 4.98 Å². The monoisotopic (exact) mass is 425 g/mol. The van der Waals surface area contributed by atoms with E-state index in [-0.39, 0.29) is 0 Å². The molecule has 0 bridgehead atoms. The van der Waals surface area contributed by atoms with E-state index in [1.54, 1.807) is 23.7 Å². The van der Waals surface area contributed by atoms with Gasteiger partial charge >= 0.3 is 0 Å². The molecule has 0 aliphatic heterocycles. The van der Waals surface area contributed by atoms with E-state index in [2.05, 4.69) is 39.6 Å². The maximum atomic E-state index is 5.81. The Morgan fingerprint density at radius 1 is 0.968 bits per heavy atom. The maximum Gasteiger partial charge on any atom is 0.163 e. The second-order valence-electron chi connectivity index (χ2n) is 6.91. The number of pyridine rings is 1. The number of thiazole rings is 1. The number of anilines is 1. The Labute approximate surface area is 183 Å². The third kappa shape index (κ3) is 4.08. The van der Waals surface area contributed by atoms with Crippen LogP contribution in [0.4, 0.5) is 5.82 Å². The molecule has 2 aromatic carbocycles. The fourth-order valence-corrected chi connectivity index (χ4v) is 3.88. The zero-order chi connectivity index (χ0) is 21.0. The molecule has 0 amide bonds. The Bertz CT molecular complexity index is 1310. The third-order valence-electron chi connectivity index (χ3n) is 4.91. The second kappa shape index (κ2) is 8.49. The highest BCUT2D eigenvalue weighted by atomic mass is 32.1. The molecular formula is C24H19N5OS. The SMILES string of the molecule is CNc1nc(-c2cccnc2)nc2ccc(-c3ccc(OCc4cscn4)cc3)cc12. The number of fused-ring (bicyclic) bond motifs is 1. The highest BCUT2D eigenvalue weighted by Crippen LogP contribution is 2.30. The van der Waals surface area contributed by atoms with Crippen LogP contribution in [0.5, 0.6) is 5.75 Å². The van der Waals surface area contributed by atoms with Gasteiger partial charge in [-0.25, -0.2) is 15.0 Å². The molecule has 0 unspecified atom stereocenters. The number of hydrogen-bond acceptors (Lipinski definition) is 7. The number of ether oxygens (including phenoxy) is 1. The van der Waals surface area contributed by atoms with Crippen LogP contribution >= 0.6 is 11.3 Å². The predicted molar refractivity (Wildman–Crippen MR) is 124 cm³/mol. The van der Waals surface area contributed by atoms with Gasteiger partial charge in [-0.05, 0) is 47.5 Å². The van der Waals surface area contributed by atoms with Gasteiger partial charge in [0.1, 0.15) is 18.2 Å². The van der Waals surface area contributed by atoms with E-state index < -0.39 is 0 Å². The summed E-state index contributed by atoms with van der Waals surface area (Å²) < 4.78 is 5.81. The summed E-state index contributed by atoms with van der Waals surface area (Å²) in [4.78, 5) is 17.8. The molecule has 0 atom stereocenters. The molecule has 3 aromatic heterocycles. The summed E-state index contributed by atoms with van der Waals surface area (Å²) in [7, 11) is 1.87. The molecule has 0 aliphatic carbocycles. The molecule has 6 nitrogen and oxygen atoms in total. The van der Waals surface area contributed by atoms with Crippen molar-refractivity contribution in [1.82, 2.24) is 19.9 Å². The summed E-state index contributed by atoms with van der Waals surface area (Å²) in [6.07, 6.45) is 3.51. The van der Waals surface area contributed by atoms with E-state index in [4.69, 9.17) is 14.7 Å². The normalized spacial score (nSPS) is 10.9. The smallest absolute Gasteiger partial charge is 0.163 e. The number of rotatable bonds is 6. The standard InChI is InChI=1S/C24H19N5OS/c1-25-24-21-11-17(6-9-22(21)28-23(29-24)18-3-2-10-26-12-18)16-4-7-20(8-5-16)30-13-19-14-31-15-27-19/h2-12,14-15H,13H2,1H3,(H,25,28,29). The number of aromatic nitrogens is 4. The first-order valence-electron chi connectivity index (χ1n) is 9.80. The molecule has 0 aliphatic rings. The molecule has 0 saturated carbocycles. The first-order chi connectivity index (χ1) is 15.3. The Hall–Kier alpha value is -3.84. The molecule has 3 heterocycles. The first kappa shape index (κ1) is 19.1. The Balaban J connectivity index is 1.44. The largest absolute Gasteiger partial charge is 0.487 e. The molecule has 5 aromatic rings. The van der Waals surface area contributed by atoms with Gasteiger partial charge in [-0.2, -0.15) is 0 Å². The fourth-order valence-electron chi connectivity index (χ4n) is 3.33. The van der Waals surface area contributed by atoms with E-state index in [9.17, 15) is 0 Å². The lowest BCUT2D eigenvalue weighted by Gasteiger charge is -2.11. The molecule has 7 heteroatoms. The zero-order valence-corrected chi connectivity index (χ0v) is 17.6. The van der Waals surface area contributed by atoms with Crippen molar-refractivity contribution in [2.24, 2.45) is 0 Å². The minimum atomic E-state index is 0.473. The van der Waals surface area contributed by atoms with Gasteiger partial charge < -0.3 is 10.1 Å². The quantitative estimate of drug-likeness (QED) is 0.391. The van der Waals surface area contributed by atoms with Crippen LogP contribution in [0.15, 0.2) is 77.9 Å². The minimum absolute atomic E-state index is 0.473. The molecular weight excluding hydrogens is 406 g/mol. The molecule has 152 valence electrons. The van der Waals surface area contributed by atoms with E-state index >= 15 is 0 Å². The third-order valence-corrected chi connectivity index (χ3v) is 5.55. The van der Waals surface area contributed by atoms with Crippen LogP contribution in [0.2, 0.25) is 0 Å². The lowest BCUT2D eigenvalue weighted by atomic mass is 10.0. The number of benzene rings is 2. The average molecular weight is 426 g/mol. The summed E-state index contributed by atoms with van der Waals surface area (Å²) >= 11 is 1.57. The van der Waals surface area contributed by atoms with Crippen molar-refractivity contribution >= 4 is 28.1 Å². The van der Waals surface area contributed by atoms with Crippen molar-refractivity contribution in [3.63, 3.8) is 0 Å². The Morgan fingerprint density at radius 2 is 1.84 bits per heavy atom. The number of hydrogen-bond donors (Lipinski definition) is 1. The van der Waals surface area contributed by atoms with Crippen molar-refractivity contribution in [1.29, 1.82) is 0 Å². The van der Waals surface area contributed by atoms with Gasteiger partial charge in [0.05, 0.1) is 16.7 Å². The molecule has 0 fully saturated rings. The number of nitrogens with zero attached hydrogens (tertiary/aromatic N) is 4. The van der Waals surface area contributed by atoms with Gasteiger partial charge in [0.15, 0.2) is 5.82 Å². The second-order valence-corrected chi connectivity index (χ2v) is 7.63. The summed E-state index contributed by atoms with van der Waals surface area (Å²) in [6.45, 7) is 0.473. The van der Waals surface area contributed by atoms with Crippen molar-refractivity contribution in [2.45, 2.75) is 6.61 Å². The van der Waals surface area contributed by atoms with Crippen LogP contribution in [0.25, 0.3) is 33.4 Å². The average Bonchev–Trinajstić information content (AvgIpc) is 3.36. The highest BCUT2D eigenvalue weighted by molar-refractivity contribution is 7.07. The van der Waals surface area contributed by atoms with E-state index in [0.717, 1.165) is 44.9 Å². The minimum Gasteiger partial charge on any atom is -0.487 e. The summed E-state index contributed by atoms with van der Waals surface area (Å²) in [5, 5.41) is 6.16. The van der Waals surface area contributed by atoms with Crippen molar-refractivity contribution in [2.75, 3.05) is 12.4 Å².